The Morgan fingerprint density at radius 1 is 1.54 bits per heavy atom. The normalized spacial score (nSPS) is 12.5. The van der Waals surface area contributed by atoms with Gasteiger partial charge >= 0.3 is 0 Å². The highest BCUT2D eigenvalue weighted by molar-refractivity contribution is 14.1. The minimum Gasteiger partial charge on any atom is -0.367 e. The maximum atomic E-state index is 13.1. The molecule has 0 bridgehead atoms. The summed E-state index contributed by atoms with van der Waals surface area (Å²) in [6.45, 7) is 0. The fourth-order valence-electron chi connectivity index (χ4n) is 0.895. The lowest BCUT2D eigenvalue weighted by Gasteiger charge is -2.07. The largest absolute Gasteiger partial charge is 0.367 e. The Morgan fingerprint density at radius 2 is 2.15 bits per heavy atom. The van der Waals surface area contributed by atoms with Crippen LogP contribution in [0.4, 0.5) is 8.78 Å². The molecule has 5 heteroatoms. The lowest BCUT2D eigenvalue weighted by molar-refractivity contribution is -0.123. The summed E-state index contributed by atoms with van der Waals surface area (Å²) < 4.78 is 26.4. The van der Waals surface area contributed by atoms with Crippen LogP contribution in [0.3, 0.4) is 0 Å². The van der Waals surface area contributed by atoms with E-state index >= 15 is 0 Å². The van der Waals surface area contributed by atoms with Crippen LogP contribution >= 0.6 is 22.6 Å². The maximum Gasteiger partial charge on any atom is 0.256 e. The Labute approximate surface area is 87.3 Å². The Balaban J connectivity index is 3.20. The zero-order valence-electron chi connectivity index (χ0n) is 6.43. The van der Waals surface area contributed by atoms with Crippen LogP contribution < -0.4 is 5.73 Å². The summed E-state index contributed by atoms with van der Waals surface area (Å²) in [4.78, 5) is 10.5. The molecule has 0 unspecified atom stereocenters. The number of rotatable bonds is 2. The van der Waals surface area contributed by atoms with E-state index in [9.17, 15) is 13.6 Å². The molecule has 0 spiro atoms. The average Bonchev–Trinajstić information content (AvgIpc) is 2.03. The van der Waals surface area contributed by atoms with Crippen molar-refractivity contribution in [2.75, 3.05) is 0 Å². The summed E-state index contributed by atoms with van der Waals surface area (Å²) in [7, 11) is 0. The molecule has 2 nitrogen and oxygen atoms in total. The number of primary amides is 1. The molecule has 1 amide bonds. The number of alkyl halides is 1. The third-order valence-electron chi connectivity index (χ3n) is 1.50. The molecule has 0 saturated heterocycles. The smallest absolute Gasteiger partial charge is 0.256 e. The number of hydrogen-bond donors (Lipinski definition) is 1. The number of amides is 1. The number of halogens is 3. The highest BCUT2D eigenvalue weighted by Crippen LogP contribution is 2.25. The Kier molecular flexibility index (Phi) is 3.18. The molecule has 0 aliphatic rings. The van der Waals surface area contributed by atoms with Gasteiger partial charge < -0.3 is 5.73 Å². The van der Waals surface area contributed by atoms with Gasteiger partial charge in [0.25, 0.3) is 5.91 Å². The molecule has 1 atom stereocenters. The summed E-state index contributed by atoms with van der Waals surface area (Å²) in [5.41, 5.74) is 4.44. The van der Waals surface area contributed by atoms with Crippen molar-refractivity contribution in [2.45, 2.75) is 6.17 Å². The molecule has 2 N–H and O–H groups in total. The second kappa shape index (κ2) is 3.99. The second-order valence-corrected chi connectivity index (χ2v) is 3.56. The Hall–Kier alpha value is -0.720. The number of hydrogen-bond acceptors (Lipinski definition) is 1. The van der Waals surface area contributed by atoms with E-state index in [-0.39, 0.29) is 5.56 Å². The van der Waals surface area contributed by atoms with Crippen molar-refractivity contribution in [1.82, 2.24) is 0 Å². The number of nitrogens with two attached hydrogens (primary N) is 1. The first kappa shape index (κ1) is 10.4. The zero-order chi connectivity index (χ0) is 10.0. The van der Waals surface area contributed by atoms with E-state index in [2.05, 4.69) is 0 Å². The van der Waals surface area contributed by atoms with Gasteiger partial charge in [0.05, 0.1) is 0 Å². The third-order valence-corrected chi connectivity index (χ3v) is 2.44. The predicted octanol–water partition coefficient (Wildman–Crippen LogP) is 1.93. The van der Waals surface area contributed by atoms with Gasteiger partial charge in [-0.2, -0.15) is 0 Å². The molecular formula is C8H6F2INO. The van der Waals surface area contributed by atoms with Crippen molar-refractivity contribution in [3.05, 3.63) is 33.1 Å². The molecule has 13 heavy (non-hydrogen) atoms. The predicted molar refractivity (Wildman–Crippen MR) is 52.2 cm³/mol. The standard InChI is InChI=1S/C8H6F2INO/c9-4-2-1-3-5(11)6(4)7(10)8(12)13/h1-3,7H,(H2,12,13)/t7-/m1/s1. The van der Waals surface area contributed by atoms with Crippen LogP contribution in [0, 0.1) is 9.39 Å². The van der Waals surface area contributed by atoms with E-state index < -0.39 is 17.9 Å². The first-order valence-corrected chi connectivity index (χ1v) is 4.49. The van der Waals surface area contributed by atoms with E-state index in [1.807, 2.05) is 0 Å². The van der Waals surface area contributed by atoms with Gasteiger partial charge in [0, 0.05) is 9.13 Å². The van der Waals surface area contributed by atoms with Gasteiger partial charge in [-0.05, 0) is 34.7 Å². The van der Waals surface area contributed by atoms with E-state index in [0.717, 1.165) is 6.07 Å². The summed E-state index contributed by atoms with van der Waals surface area (Å²) >= 11 is 1.75. The lowest BCUT2D eigenvalue weighted by Crippen LogP contribution is -2.19. The molecule has 1 aromatic rings. The van der Waals surface area contributed by atoms with Gasteiger partial charge in [-0.25, -0.2) is 8.78 Å². The summed E-state index contributed by atoms with van der Waals surface area (Å²) in [6.07, 6.45) is -2.08. The fraction of sp³-hybridized carbons (Fsp3) is 0.125. The number of carbonyl (C=O) groups is 1. The third kappa shape index (κ3) is 2.15. The Bertz CT molecular complexity index is 323. The molecular weight excluding hydrogens is 291 g/mol. The molecule has 0 heterocycles. The topological polar surface area (TPSA) is 43.1 Å². The highest BCUT2D eigenvalue weighted by atomic mass is 127. The molecule has 0 fully saturated rings. The Morgan fingerprint density at radius 3 is 2.62 bits per heavy atom. The molecule has 70 valence electrons. The van der Waals surface area contributed by atoms with Crippen LogP contribution in [-0.4, -0.2) is 5.91 Å². The highest BCUT2D eigenvalue weighted by Gasteiger charge is 2.22. The van der Waals surface area contributed by atoms with E-state index in [0.29, 0.717) is 3.57 Å². The molecule has 0 saturated carbocycles. The SMILES string of the molecule is NC(=O)[C@H](F)c1c(F)cccc1I. The van der Waals surface area contributed by atoms with E-state index in [1.165, 1.54) is 12.1 Å². The van der Waals surface area contributed by atoms with Crippen molar-refractivity contribution >= 4 is 28.5 Å². The van der Waals surface area contributed by atoms with Crippen LogP contribution in [-0.2, 0) is 4.79 Å². The van der Waals surface area contributed by atoms with Crippen molar-refractivity contribution in [2.24, 2.45) is 5.73 Å². The minimum absolute atomic E-state index is 0.282. The first-order chi connectivity index (χ1) is 6.04. The molecule has 0 aromatic heterocycles. The minimum atomic E-state index is -2.08. The summed E-state index contributed by atoms with van der Waals surface area (Å²) in [5.74, 6) is -1.93. The van der Waals surface area contributed by atoms with Gasteiger partial charge in [0.1, 0.15) is 5.82 Å². The summed E-state index contributed by atoms with van der Waals surface area (Å²) in [6, 6.07) is 4.04. The fourth-order valence-corrected chi connectivity index (χ4v) is 1.63. The molecule has 0 aliphatic heterocycles. The molecule has 0 aliphatic carbocycles. The van der Waals surface area contributed by atoms with Gasteiger partial charge in [-0.3, -0.25) is 4.79 Å². The van der Waals surface area contributed by atoms with Crippen LogP contribution in [0.15, 0.2) is 18.2 Å². The first-order valence-electron chi connectivity index (χ1n) is 3.41. The number of benzene rings is 1. The van der Waals surface area contributed by atoms with Gasteiger partial charge in [-0.1, -0.05) is 6.07 Å². The maximum absolute atomic E-state index is 13.1. The van der Waals surface area contributed by atoms with E-state index in [4.69, 9.17) is 5.73 Å². The van der Waals surface area contributed by atoms with Crippen LogP contribution in [0.5, 0.6) is 0 Å². The van der Waals surface area contributed by atoms with Gasteiger partial charge in [0.2, 0.25) is 6.17 Å². The van der Waals surface area contributed by atoms with Crippen molar-refractivity contribution < 1.29 is 13.6 Å². The monoisotopic (exact) mass is 297 g/mol. The lowest BCUT2D eigenvalue weighted by atomic mass is 10.1. The summed E-state index contributed by atoms with van der Waals surface area (Å²) in [5, 5.41) is 0. The van der Waals surface area contributed by atoms with Crippen molar-refractivity contribution in [3.63, 3.8) is 0 Å². The average molecular weight is 297 g/mol. The zero-order valence-corrected chi connectivity index (χ0v) is 8.59. The van der Waals surface area contributed by atoms with Crippen LogP contribution in [0.1, 0.15) is 11.7 Å². The molecule has 1 aromatic carbocycles. The van der Waals surface area contributed by atoms with Gasteiger partial charge in [0.15, 0.2) is 0 Å². The second-order valence-electron chi connectivity index (χ2n) is 2.40. The number of carbonyl (C=O) groups excluding carboxylic acids is 1. The van der Waals surface area contributed by atoms with Crippen molar-refractivity contribution in [3.8, 4) is 0 Å². The van der Waals surface area contributed by atoms with E-state index in [1.54, 1.807) is 22.6 Å². The quantitative estimate of drug-likeness (QED) is 0.833. The van der Waals surface area contributed by atoms with Crippen LogP contribution in [0.25, 0.3) is 0 Å². The molecule has 1 rings (SSSR count). The van der Waals surface area contributed by atoms with Crippen molar-refractivity contribution in [1.29, 1.82) is 0 Å². The van der Waals surface area contributed by atoms with Gasteiger partial charge in [-0.15, -0.1) is 0 Å². The van der Waals surface area contributed by atoms with Crippen LogP contribution in [0.2, 0.25) is 0 Å². The molecule has 0 radical (unpaired) electrons.